The first-order valence-electron chi connectivity index (χ1n) is 35.4. The summed E-state index contributed by atoms with van der Waals surface area (Å²) in [5, 5.41) is 0. The van der Waals surface area contributed by atoms with Gasteiger partial charge in [-0.1, -0.05) is 65.5 Å². The molecule has 4 unspecified atom stereocenters. The molecule has 0 saturated heterocycles. The molecule has 98 heavy (non-hydrogen) atoms. The van der Waals surface area contributed by atoms with Gasteiger partial charge in [0.25, 0.3) is 50.6 Å². The minimum absolute atomic E-state index is 0.0344. The smallest absolute Gasteiger partial charge is 0.264 e. The fourth-order valence-electron chi connectivity index (χ4n) is 15.1. The molecule has 0 spiro atoms. The minimum atomic E-state index is -3.82. The largest absolute Gasteiger partial charge is 0.379 e. The lowest BCUT2D eigenvalue weighted by atomic mass is 9.47. The van der Waals surface area contributed by atoms with Gasteiger partial charge in [-0.2, -0.15) is 42.1 Å². The second-order valence-electron chi connectivity index (χ2n) is 27.9. The fourth-order valence-corrected chi connectivity index (χ4v) is 17.2. The van der Waals surface area contributed by atoms with Crippen LogP contribution in [0.25, 0.3) is 0 Å². The maximum atomic E-state index is 11.8. The van der Waals surface area contributed by atoms with Crippen molar-refractivity contribution in [2.75, 3.05) is 177 Å². The first kappa shape index (κ1) is 87.4. The van der Waals surface area contributed by atoms with Crippen molar-refractivity contribution in [1.29, 1.82) is 0 Å². The predicted octanol–water partition coefficient (Wildman–Crippen LogP) is 7.04. The Morgan fingerprint density at radius 2 is 0.724 bits per heavy atom. The van der Waals surface area contributed by atoms with Crippen molar-refractivity contribution in [2.24, 2.45) is 46.3 Å². The van der Waals surface area contributed by atoms with Gasteiger partial charge in [0.15, 0.2) is 0 Å². The zero-order chi connectivity index (χ0) is 71.9. The molecule has 0 bridgehead atoms. The Labute approximate surface area is 588 Å². The molecule has 4 fully saturated rings. The molecule has 0 heterocycles. The van der Waals surface area contributed by atoms with Gasteiger partial charge in [-0.25, -0.2) is 0 Å². The maximum absolute atomic E-state index is 11.8. The highest BCUT2D eigenvalue weighted by Gasteiger charge is 2.60. The van der Waals surface area contributed by atoms with E-state index in [0.29, 0.717) is 70.1 Å². The summed E-state index contributed by atoms with van der Waals surface area (Å²) in [6, 6.07) is 0. The molecule has 0 amide bonds. The third-order valence-corrected chi connectivity index (χ3v) is 22.5. The van der Waals surface area contributed by atoms with Gasteiger partial charge in [0.1, 0.15) is 36.6 Å². The molecule has 0 aromatic heterocycles. The van der Waals surface area contributed by atoms with E-state index in [-0.39, 0.29) is 131 Å². The van der Waals surface area contributed by atoms with E-state index in [1.807, 2.05) is 0 Å². The maximum Gasteiger partial charge on any atom is 0.264 e. The van der Waals surface area contributed by atoms with Crippen molar-refractivity contribution < 1.29 is 120 Å². The van der Waals surface area contributed by atoms with E-state index in [2.05, 4.69) is 40.7 Å². The van der Waals surface area contributed by atoms with Crippen LogP contribution in [0.2, 0.25) is 0 Å². The lowest BCUT2D eigenvalue weighted by molar-refractivity contribution is -0.283. The third-order valence-electron chi connectivity index (χ3n) is 19.5. The molecule has 32 heteroatoms. The molecule has 5 aliphatic carbocycles. The van der Waals surface area contributed by atoms with Gasteiger partial charge in [0.05, 0.1) is 136 Å². The van der Waals surface area contributed by atoms with Crippen LogP contribution in [0, 0.1) is 46.3 Å². The van der Waals surface area contributed by atoms with Crippen LogP contribution in [0.1, 0.15) is 144 Å². The Balaban J connectivity index is 1.05. The monoisotopic (exact) mass is 1510 g/mol. The number of hydrogen-bond acceptors (Lipinski definition) is 27. The Morgan fingerprint density at radius 1 is 0.378 bits per heavy atom. The molecule has 0 aromatic rings. The van der Waals surface area contributed by atoms with Gasteiger partial charge in [-0.15, -0.1) is 0 Å². The van der Waals surface area contributed by atoms with Crippen LogP contribution in [0.15, 0.2) is 11.6 Å². The van der Waals surface area contributed by atoms with Gasteiger partial charge in [-0.05, 0) is 136 Å². The van der Waals surface area contributed by atoms with Crippen LogP contribution < -0.4 is 0 Å². The van der Waals surface area contributed by atoms with E-state index < -0.39 is 87.2 Å². The van der Waals surface area contributed by atoms with E-state index in [0.717, 1.165) is 79.6 Å². The standard InChI is InChI=1S/C66H122O27S5/c1-51(2)18-11-19-52(3)56-22-23-57-55-21-20-53-50-54(24-26-65(53,4)58(55)25-27-66(56,57)5)82-49-48-81-47-46-80-45-44-79-43-42-78-41-40-77-28-12-29-83-59-60(84-30-13-35-89-94(6,67)68)62(86-32-15-37-91-96(8,71)72)64(88-34-17-39-93-98(10,75)76)63(87-33-16-38-92-97(9,73)74)61(59)85-31-14-36-90-95(7,69)70/h20,51-52,54-64H,11-19,21-50H2,1-10H3/t52-,54-,55+,56-,57+,58+,59?,60?,61?,62?,63?,64?,65+,66-/m1/s1. The SMILES string of the molecule is CC(C)CCC[C@@H](C)[C@H]1CC[C@H]2[C@@H]3CC=C4C[C@H](OCCOCCOCCOCCOCCOCCCOC5C(OCCCOS(C)(=O)=O)C(OCCCOS(C)(=O)=O)C(OCCCOS(C)(=O)=O)C(OCCCOS(C)(=O)=O)C5OCCCOS(C)(=O)=O)CC[C@]4(C)[C@H]3CC[C@]12C. The first-order valence-corrected chi connectivity index (χ1v) is 44.5. The zero-order valence-corrected chi connectivity index (χ0v) is 64.3. The van der Waals surface area contributed by atoms with E-state index in [9.17, 15) is 42.1 Å². The van der Waals surface area contributed by atoms with Crippen LogP contribution in [0.4, 0.5) is 0 Å². The highest BCUT2D eigenvalue weighted by atomic mass is 32.2. The van der Waals surface area contributed by atoms with Crippen LogP contribution in [0.5, 0.6) is 0 Å². The highest BCUT2D eigenvalue weighted by molar-refractivity contribution is 7.86. The molecular weight excluding hydrogens is 1390 g/mol. The second kappa shape index (κ2) is 44.1. The van der Waals surface area contributed by atoms with Crippen molar-refractivity contribution in [3.05, 3.63) is 11.6 Å². The summed E-state index contributed by atoms with van der Waals surface area (Å²) < 4.78 is 217. The van der Waals surface area contributed by atoms with Gasteiger partial charge >= 0.3 is 0 Å². The number of allylic oxidation sites excluding steroid dienone is 1. The topological polar surface area (TPSA) is 328 Å². The lowest BCUT2D eigenvalue weighted by Gasteiger charge is -2.58. The summed E-state index contributed by atoms with van der Waals surface area (Å²) in [6.45, 7) is 14.9. The predicted molar refractivity (Wildman–Crippen MR) is 367 cm³/mol. The lowest BCUT2D eigenvalue weighted by Crippen LogP contribution is -2.68. The summed E-state index contributed by atoms with van der Waals surface area (Å²) in [5.74, 6) is 4.99. The van der Waals surface area contributed by atoms with Gasteiger partial charge in [0.2, 0.25) is 0 Å². The Morgan fingerprint density at radius 3 is 1.08 bits per heavy atom. The zero-order valence-electron chi connectivity index (χ0n) is 60.2. The number of hydrogen-bond donors (Lipinski definition) is 0. The molecule has 27 nitrogen and oxygen atoms in total. The van der Waals surface area contributed by atoms with E-state index >= 15 is 0 Å². The van der Waals surface area contributed by atoms with Gasteiger partial charge in [0, 0.05) is 46.2 Å². The molecule has 12 atom stereocenters. The number of rotatable bonds is 56. The summed E-state index contributed by atoms with van der Waals surface area (Å²) >= 11 is 0. The van der Waals surface area contributed by atoms with Crippen molar-refractivity contribution in [2.45, 2.75) is 187 Å². The Bertz CT molecular complexity index is 2750. The molecule has 5 rings (SSSR count). The van der Waals surface area contributed by atoms with Crippen molar-refractivity contribution in [1.82, 2.24) is 0 Å². The Hall–Kier alpha value is -1.19. The summed E-state index contributed by atoms with van der Waals surface area (Å²) in [6.07, 6.45) is 15.6. The molecule has 0 aliphatic heterocycles. The molecule has 578 valence electrons. The average molecular weight is 1510 g/mol. The second-order valence-corrected chi connectivity index (χ2v) is 36.1. The van der Waals surface area contributed by atoms with Crippen molar-refractivity contribution in [3.8, 4) is 0 Å². The molecule has 0 aromatic carbocycles. The fraction of sp³-hybridized carbons (Fsp3) is 0.970. The van der Waals surface area contributed by atoms with Crippen LogP contribution in [-0.2, 0) is 128 Å². The van der Waals surface area contributed by atoms with E-state index in [4.69, 9.17) is 77.8 Å². The molecule has 0 N–H and O–H groups in total. The molecule has 4 saturated carbocycles. The first-order chi connectivity index (χ1) is 46.3. The molecular formula is C66H122O27S5. The number of fused-ring (bicyclic) bond motifs is 5. The minimum Gasteiger partial charge on any atom is -0.379 e. The molecule has 0 radical (unpaired) electrons. The quantitative estimate of drug-likeness (QED) is 0.0334. The average Bonchev–Trinajstić information content (AvgIpc) is 1.38. The van der Waals surface area contributed by atoms with Crippen LogP contribution in [-0.4, -0.2) is 261 Å². The van der Waals surface area contributed by atoms with Crippen molar-refractivity contribution in [3.63, 3.8) is 0 Å². The summed E-state index contributed by atoms with van der Waals surface area (Å²) in [7, 11) is -19.1. The van der Waals surface area contributed by atoms with Crippen LogP contribution in [0.3, 0.4) is 0 Å². The van der Waals surface area contributed by atoms with Gasteiger partial charge < -0.3 is 56.8 Å². The van der Waals surface area contributed by atoms with Gasteiger partial charge in [-0.3, -0.25) is 20.9 Å². The highest BCUT2D eigenvalue weighted by Crippen LogP contribution is 2.67. The van der Waals surface area contributed by atoms with E-state index in [1.165, 1.54) is 57.8 Å². The summed E-state index contributed by atoms with van der Waals surface area (Å²) in [5.41, 5.74) is 2.45. The Kier molecular flexibility index (Phi) is 39.3. The normalized spacial score (nSPS) is 28.2. The molecule has 5 aliphatic rings. The number of ether oxygens (including phenoxy) is 12. The van der Waals surface area contributed by atoms with Crippen molar-refractivity contribution >= 4 is 50.6 Å². The summed E-state index contributed by atoms with van der Waals surface area (Å²) in [4.78, 5) is 0. The van der Waals surface area contributed by atoms with Crippen LogP contribution >= 0.6 is 0 Å². The third kappa shape index (κ3) is 33.1. The van der Waals surface area contributed by atoms with E-state index in [1.54, 1.807) is 5.57 Å².